The second-order valence-corrected chi connectivity index (χ2v) is 18.1. The molecule has 0 saturated heterocycles. The van der Waals surface area contributed by atoms with Crippen LogP contribution in [0.1, 0.15) is 265 Å². The highest BCUT2D eigenvalue weighted by atomic mass is 16.6. The molecule has 0 saturated carbocycles. The number of unbranched alkanes of at least 4 members (excludes halogenated alkanes) is 26. The van der Waals surface area contributed by atoms with E-state index in [2.05, 4.69) is 87.6 Å². The van der Waals surface area contributed by atoms with Crippen LogP contribution in [0.3, 0.4) is 0 Å². The van der Waals surface area contributed by atoms with E-state index in [-0.39, 0.29) is 31.6 Å². The van der Waals surface area contributed by atoms with Crippen LogP contribution in [0.15, 0.2) is 72.9 Å². The summed E-state index contributed by atoms with van der Waals surface area (Å²) < 4.78 is 16.8. The summed E-state index contributed by atoms with van der Waals surface area (Å²) in [6.07, 6.45) is 67.6. The summed E-state index contributed by atoms with van der Waals surface area (Å²) >= 11 is 0. The second kappa shape index (κ2) is 53.5. The Labute approximate surface area is 402 Å². The Morgan fingerprint density at radius 2 is 0.631 bits per heavy atom. The molecule has 1 atom stereocenters. The summed E-state index contributed by atoms with van der Waals surface area (Å²) in [4.78, 5) is 38.0. The van der Waals surface area contributed by atoms with Gasteiger partial charge in [-0.05, 0) is 77.0 Å². The number of rotatable bonds is 49. The average molecular weight is 907 g/mol. The zero-order valence-electron chi connectivity index (χ0n) is 42.7. The Bertz CT molecular complexity index is 1230. The number of hydrogen-bond acceptors (Lipinski definition) is 6. The maximum absolute atomic E-state index is 12.8. The lowest BCUT2D eigenvalue weighted by Gasteiger charge is -2.18. The van der Waals surface area contributed by atoms with Crippen LogP contribution in [-0.4, -0.2) is 37.2 Å². The highest BCUT2D eigenvalue weighted by molar-refractivity contribution is 5.71. The van der Waals surface area contributed by atoms with E-state index in [1.807, 2.05) is 6.08 Å². The number of carbonyl (C=O) groups is 3. The van der Waals surface area contributed by atoms with Gasteiger partial charge >= 0.3 is 17.9 Å². The van der Waals surface area contributed by atoms with Gasteiger partial charge in [0, 0.05) is 19.3 Å². The third-order valence-corrected chi connectivity index (χ3v) is 11.7. The van der Waals surface area contributed by atoms with Crippen LogP contribution in [0.5, 0.6) is 0 Å². The van der Waals surface area contributed by atoms with Crippen molar-refractivity contribution in [3.05, 3.63) is 72.9 Å². The molecule has 0 bridgehead atoms. The molecule has 0 aliphatic rings. The van der Waals surface area contributed by atoms with Crippen LogP contribution in [0.2, 0.25) is 0 Å². The molecule has 0 N–H and O–H groups in total. The Hall–Kier alpha value is -3.15. The van der Waals surface area contributed by atoms with Gasteiger partial charge in [-0.15, -0.1) is 0 Å². The van der Waals surface area contributed by atoms with Crippen molar-refractivity contribution in [3.8, 4) is 0 Å². The van der Waals surface area contributed by atoms with Crippen LogP contribution in [-0.2, 0) is 28.6 Å². The minimum Gasteiger partial charge on any atom is -0.462 e. The number of carbonyl (C=O) groups excluding carboxylic acids is 3. The maximum atomic E-state index is 12.8. The minimum absolute atomic E-state index is 0.106. The molecule has 65 heavy (non-hydrogen) atoms. The van der Waals surface area contributed by atoms with Crippen molar-refractivity contribution in [1.82, 2.24) is 0 Å². The lowest BCUT2D eigenvalue weighted by molar-refractivity contribution is -0.166. The number of hydrogen-bond donors (Lipinski definition) is 0. The zero-order chi connectivity index (χ0) is 47.2. The van der Waals surface area contributed by atoms with E-state index in [1.54, 1.807) is 0 Å². The molecular formula is C59H102O6. The van der Waals surface area contributed by atoms with Crippen molar-refractivity contribution in [2.45, 2.75) is 271 Å². The molecule has 0 heterocycles. The summed E-state index contributed by atoms with van der Waals surface area (Å²) in [6.45, 7) is 6.47. The highest BCUT2D eigenvalue weighted by Gasteiger charge is 2.19. The van der Waals surface area contributed by atoms with Gasteiger partial charge in [0.05, 0.1) is 0 Å². The van der Waals surface area contributed by atoms with Gasteiger partial charge < -0.3 is 14.2 Å². The molecule has 6 nitrogen and oxygen atoms in total. The van der Waals surface area contributed by atoms with E-state index >= 15 is 0 Å². The molecule has 0 spiro atoms. The fraction of sp³-hybridized carbons (Fsp3) is 0.746. The monoisotopic (exact) mass is 907 g/mol. The van der Waals surface area contributed by atoms with Gasteiger partial charge in [-0.2, -0.15) is 0 Å². The zero-order valence-corrected chi connectivity index (χ0v) is 42.7. The van der Waals surface area contributed by atoms with E-state index in [1.165, 1.54) is 141 Å². The summed E-state index contributed by atoms with van der Waals surface area (Å²) in [5.74, 6) is -0.992. The highest BCUT2D eigenvalue weighted by Crippen LogP contribution is 2.15. The predicted octanol–water partition coefficient (Wildman–Crippen LogP) is 18.2. The lowest BCUT2D eigenvalue weighted by Crippen LogP contribution is -2.30. The van der Waals surface area contributed by atoms with E-state index < -0.39 is 12.1 Å². The average Bonchev–Trinajstić information content (AvgIpc) is 3.30. The molecule has 0 aliphatic heterocycles. The molecule has 374 valence electrons. The van der Waals surface area contributed by atoms with Gasteiger partial charge in [0.2, 0.25) is 0 Å². The Balaban J connectivity index is 4.47. The quantitative estimate of drug-likeness (QED) is 0.0262. The fourth-order valence-corrected chi connectivity index (χ4v) is 7.60. The molecule has 0 aromatic heterocycles. The maximum Gasteiger partial charge on any atom is 0.306 e. The summed E-state index contributed by atoms with van der Waals surface area (Å²) in [6, 6.07) is 0. The summed E-state index contributed by atoms with van der Waals surface area (Å²) in [5.41, 5.74) is 0. The van der Waals surface area contributed by atoms with Crippen LogP contribution < -0.4 is 0 Å². The molecule has 0 rings (SSSR count). The molecule has 0 amide bonds. The smallest absolute Gasteiger partial charge is 0.306 e. The van der Waals surface area contributed by atoms with Crippen molar-refractivity contribution in [3.63, 3.8) is 0 Å². The third-order valence-electron chi connectivity index (χ3n) is 11.7. The van der Waals surface area contributed by atoms with Gasteiger partial charge in [-0.3, -0.25) is 14.4 Å². The third kappa shape index (κ3) is 51.7. The fourth-order valence-electron chi connectivity index (χ4n) is 7.60. The Morgan fingerprint density at radius 3 is 1.00 bits per heavy atom. The van der Waals surface area contributed by atoms with Crippen molar-refractivity contribution < 1.29 is 28.6 Å². The first kappa shape index (κ1) is 61.9. The van der Waals surface area contributed by atoms with Crippen molar-refractivity contribution in [2.75, 3.05) is 13.2 Å². The van der Waals surface area contributed by atoms with Crippen molar-refractivity contribution >= 4 is 17.9 Å². The normalized spacial score (nSPS) is 12.6. The Morgan fingerprint density at radius 1 is 0.323 bits per heavy atom. The van der Waals surface area contributed by atoms with E-state index in [4.69, 9.17) is 14.2 Å². The van der Waals surface area contributed by atoms with E-state index in [0.717, 1.165) is 77.0 Å². The first-order chi connectivity index (χ1) is 32.0. The van der Waals surface area contributed by atoms with Gasteiger partial charge in [0.1, 0.15) is 13.2 Å². The number of allylic oxidation sites excluding steroid dienone is 12. The van der Waals surface area contributed by atoms with Crippen LogP contribution >= 0.6 is 0 Å². The van der Waals surface area contributed by atoms with Gasteiger partial charge in [0.15, 0.2) is 6.10 Å². The first-order valence-electron chi connectivity index (χ1n) is 27.4. The van der Waals surface area contributed by atoms with Crippen LogP contribution in [0, 0.1) is 0 Å². The first-order valence-corrected chi connectivity index (χ1v) is 27.4. The van der Waals surface area contributed by atoms with Crippen molar-refractivity contribution in [2.24, 2.45) is 0 Å². The standard InChI is InChI=1S/C59H102O6/c1-4-7-10-13-16-19-22-25-27-29-30-32-34-37-40-43-46-49-52-58(61)64-55-56(54-63-57(60)51-48-45-42-39-36-33-24-21-18-15-12-9-6-3)65-59(62)53-50-47-44-41-38-35-31-28-26-23-20-17-14-11-8-5-2/h8,11,17,20,26,28,30,32,35,38,44,47,56H,4-7,9-10,12-16,18-19,21-25,27,29,31,33-34,36-37,39-43,45-46,48-55H2,1-3H3/b11-8-,20-17-,28-26-,32-30-,38-35-,47-44-. The molecular weight excluding hydrogens is 805 g/mol. The minimum atomic E-state index is -0.816. The molecule has 0 aromatic rings. The summed E-state index contributed by atoms with van der Waals surface area (Å²) in [7, 11) is 0. The molecule has 0 aromatic carbocycles. The van der Waals surface area contributed by atoms with Gasteiger partial charge in [-0.25, -0.2) is 0 Å². The van der Waals surface area contributed by atoms with Gasteiger partial charge in [0.25, 0.3) is 0 Å². The SMILES string of the molecule is CC/C=C\C/C=C\C/C=C\C/C=C\C/C=C\CCC(=O)OC(COC(=O)CCCCCCC/C=C\CCCCCCCCCCC)COC(=O)CCCCCCCCCCCCCCC. The largest absolute Gasteiger partial charge is 0.462 e. The molecule has 0 radical (unpaired) electrons. The predicted molar refractivity (Wildman–Crippen MR) is 279 cm³/mol. The van der Waals surface area contributed by atoms with Crippen LogP contribution in [0.4, 0.5) is 0 Å². The van der Waals surface area contributed by atoms with E-state index in [0.29, 0.717) is 19.3 Å². The summed E-state index contributed by atoms with van der Waals surface area (Å²) in [5, 5.41) is 0. The number of ether oxygens (including phenoxy) is 3. The van der Waals surface area contributed by atoms with Gasteiger partial charge in [-0.1, -0.05) is 241 Å². The molecule has 0 fully saturated rings. The second-order valence-electron chi connectivity index (χ2n) is 18.1. The number of esters is 3. The molecule has 1 unspecified atom stereocenters. The lowest BCUT2D eigenvalue weighted by atomic mass is 10.0. The van der Waals surface area contributed by atoms with E-state index in [9.17, 15) is 14.4 Å². The van der Waals surface area contributed by atoms with Crippen molar-refractivity contribution in [1.29, 1.82) is 0 Å². The molecule has 6 heteroatoms. The van der Waals surface area contributed by atoms with Crippen LogP contribution in [0.25, 0.3) is 0 Å². The topological polar surface area (TPSA) is 78.9 Å². The molecule has 0 aliphatic carbocycles. The Kier molecular flexibility index (Phi) is 50.9.